The summed E-state index contributed by atoms with van der Waals surface area (Å²) in [4.78, 5) is 24.2. The van der Waals surface area contributed by atoms with Crippen LogP contribution in [0, 0.1) is 6.92 Å². The third kappa shape index (κ3) is 6.61. The number of hydrogen-bond donors (Lipinski definition) is 2. The summed E-state index contributed by atoms with van der Waals surface area (Å²) in [5, 5.41) is 6.05. The fourth-order valence-corrected chi connectivity index (χ4v) is 3.28. The second-order valence-corrected chi connectivity index (χ2v) is 7.72. The van der Waals surface area contributed by atoms with Gasteiger partial charge in [-0.05, 0) is 49.7 Å². The molecule has 0 saturated carbocycles. The van der Waals surface area contributed by atoms with Crippen molar-refractivity contribution in [1.29, 1.82) is 0 Å². The van der Waals surface area contributed by atoms with E-state index in [0.717, 1.165) is 11.3 Å². The van der Waals surface area contributed by atoms with Crippen molar-refractivity contribution < 1.29 is 9.59 Å². The molecule has 0 fully saturated rings. The zero-order chi connectivity index (χ0) is 18.4. The van der Waals surface area contributed by atoms with Gasteiger partial charge in [-0.15, -0.1) is 11.8 Å². The Morgan fingerprint density at radius 3 is 2.36 bits per heavy atom. The first-order valence-corrected chi connectivity index (χ1v) is 9.39. The molecular weight excluding hydrogens is 379 g/mol. The van der Waals surface area contributed by atoms with E-state index in [2.05, 4.69) is 10.6 Å². The first kappa shape index (κ1) is 19.6. The molecule has 2 amide bonds. The maximum atomic E-state index is 12.2. The summed E-state index contributed by atoms with van der Waals surface area (Å²) in [6.45, 7) is 3.70. The monoisotopic (exact) mass is 396 g/mol. The molecule has 0 aromatic heterocycles. The number of amides is 2. The number of hydrogen-bond acceptors (Lipinski definition) is 3. The number of carbonyl (C=O) groups is 2. The Morgan fingerprint density at radius 2 is 1.72 bits per heavy atom. The van der Waals surface area contributed by atoms with Gasteiger partial charge in [-0.1, -0.05) is 35.3 Å². The first-order chi connectivity index (χ1) is 11.8. The minimum absolute atomic E-state index is 0.152. The Kier molecular flexibility index (Phi) is 7.17. The maximum absolute atomic E-state index is 12.2. The van der Waals surface area contributed by atoms with Crippen molar-refractivity contribution in [3.63, 3.8) is 0 Å². The Hall–Kier alpha value is -1.69. The molecule has 2 rings (SSSR count). The molecular formula is C18H18Cl2N2O2S. The van der Waals surface area contributed by atoms with Crippen LogP contribution in [0.1, 0.15) is 12.5 Å². The molecule has 7 heteroatoms. The molecule has 0 spiro atoms. The average molecular weight is 397 g/mol. The number of halogens is 2. The minimum Gasteiger partial charge on any atom is -0.325 e. The predicted molar refractivity (Wildman–Crippen MR) is 107 cm³/mol. The van der Waals surface area contributed by atoms with E-state index in [0.29, 0.717) is 15.7 Å². The van der Waals surface area contributed by atoms with Crippen molar-refractivity contribution in [2.75, 3.05) is 16.4 Å². The largest absolute Gasteiger partial charge is 0.325 e. The van der Waals surface area contributed by atoms with Crippen LogP contribution >= 0.6 is 35.0 Å². The van der Waals surface area contributed by atoms with Crippen LogP contribution in [-0.2, 0) is 9.59 Å². The van der Waals surface area contributed by atoms with Crippen molar-refractivity contribution in [2.45, 2.75) is 19.1 Å². The van der Waals surface area contributed by atoms with Gasteiger partial charge in [-0.25, -0.2) is 0 Å². The zero-order valence-electron chi connectivity index (χ0n) is 13.8. The lowest BCUT2D eigenvalue weighted by molar-refractivity contribution is -0.115. The molecule has 0 bridgehead atoms. The number of aryl methyl sites for hydroxylation is 1. The molecule has 0 aliphatic heterocycles. The molecule has 0 unspecified atom stereocenters. The summed E-state index contributed by atoms with van der Waals surface area (Å²) >= 11 is 13.1. The quantitative estimate of drug-likeness (QED) is 0.721. The van der Waals surface area contributed by atoms with Gasteiger partial charge in [0.05, 0.1) is 11.0 Å². The van der Waals surface area contributed by atoms with Crippen LogP contribution in [-0.4, -0.2) is 22.8 Å². The average Bonchev–Trinajstić information content (AvgIpc) is 2.51. The highest BCUT2D eigenvalue weighted by molar-refractivity contribution is 8.01. The minimum atomic E-state index is -0.402. The molecule has 4 nitrogen and oxygen atoms in total. The Balaban J connectivity index is 1.83. The topological polar surface area (TPSA) is 58.2 Å². The first-order valence-electron chi connectivity index (χ1n) is 7.58. The highest BCUT2D eigenvalue weighted by Crippen LogP contribution is 2.23. The van der Waals surface area contributed by atoms with E-state index >= 15 is 0 Å². The van der Waals surface area contributed by atoms with E-state index in [4.69, 9.17) is 23.2 Å². The molecule has 0 radical (unpaired) electrons. The summed E-state index contributed by atoms with van der Waals surface area (Å²) in [5.74, 6) is -0.188. The molecule has 2 N–H and O–H groups in total. The third-order valence-corrected chi connectivity index (χ3v) is 4.84. The summed E-state index contributed by atoms with van der Waals surface area (Å²) in [6.07, 6.45) is 0. The molecule has 132 valence electrons. The van der Waals surface area contributed by atoms with Gasteiger partial charge in [0.2, 0.25) is 11.8 Å². The van der Waals surface area contributed by atoms with Crippen molar-refractivity contribution in [3.8, 4) is 0 Å². The standard InChI is InChI=1S/C18H18Cl2N2O2S/c1-11-4-3-5-15(6-11)21-17(23)10-25-12(2)18(24)22-16-8-13(19)7-14(20)9-16/h3-9,12H,10H2,1-2H3,(H,21,23)(H,22,24)/t12-/m0/s1. The predicted octanol–water partition coefficient (Wildman–Crippen LogP) is 5.00. The van der Waals surface area contributed by atoms with E-state index in [9.17, 15) is 9.59 Å². The number of benzene rings is 2. The van der Waals surface area contributed by atoms with E-state index in [1.54, 1.807) is 25.1 Å². The molecule has 0 heterocycles. The van der Waals surface area contributed by atoms with Crippen molar-refractivity contribution in [1.82, 2.24) is 0 Å². The summed E-state index contributed by atoms with van der Waals surface area (Å²) in [5.41, 5.74) is 2.34. The van der Waals surface area contributed by atoms with Crippen LogP contribution in [0.4, 0.5) is 11.4 Å². The number of nitrogens with one attached hydrogen (secondary N) is 2. The zero-order valence-corrected chi connectivity index (χ0v) is 16.1. The molecule has 0 saturated heterocycles. The lowest BCUT2D eigenvalue weighted by Gasteiger charge is -2.13. The van der Waals surface area contributed by atoms with Crippen LogP contribution in [0.5, 0.6) is 0 Å². The maximum Gasteiger partial charge on any atom is 0.237 e. The van der Waals surface area contributed by atoms with E-state index < -0.39 is 5.25 Å². The third-order valence-electron chi connectivity index (χ3n) is 3.27. The van der Waals surface area contributed by atoms with Gasteiger partial charge < -0.3 is 10.6 Å². The number of thioether (sulfide) groups is 1. The van der Waals surface area contributed by atoms with Crippen molar-refractivity contribution in [2.24, 2.45) is 0 Å². The Labute approximate surface area is 161 Å². The number of rotatable bonds is 6. The number of carbonyl (C=O) groups excluding carboxylic acids is 2. The lowest BCUT2D eigenvalue weighted by Crippen LogP contribution is -2.25. The highest BCUT2D eigenvalue weighted by atomic mass is 35.5. The van der Waals surface area contributed by atoms with Crippen molar-refractivity contribution >= 4 is 58.2 Å². The second kappa shape index (κ2) is 9.13. The smallest absolute Gasteiger partial charge is 0.237 e. The SMILES string of the molecule is Cc1cccc(NC(=O)CS[C@@H](C)C(=O)Nc2cc(Cl)cc(Cl)c2)c1. The molecule has 2 aromatic carbocycles. The van der Waals surface area contributed by atoms with Crippen LogP contribution < -0.4 is 10.6 Å². The van der Waals surface area contributed by atoms with Gasteiger partial charge in [0, 0.05) is 21.4 Å². The lowest BCUT2D eigenvalue weighted by atomic mass is 10.2. The van der Waals surface area contributed by atoms with Crippen LogP contribution in [0.15, 0.2) is 42.5 Å². The highest BCUT2D eigenvalue weighted by Gasteiger charge is 2.16. The molecule has 0 aliphatic rings. The van der Waals surface area contributed by atoms with Gasteiger partial charge in [-0.2, -0.15) is 0 Å². The van der Waals surface area contributed by atoms with E-state index in [-0.39, 0.29) is 17.6 Å². The summed E-state index contributed by atoms with van der Waals surface area (Å²) < 4.78 is 0. The molecule has 25 heavy (non-hydrogen) atoms. The van der Waals surface area contributed by atoms with Gasteiger partial charge in [0.15, 0.2) is 0 Å². The van der Waals surface area contributed by atoms with Crippen molar-refractivity contribution in [3.05, 3.63) is 58.1 Å². The molecule has 2 aromatic rings. The normalized spacial score (nSPS) is 11.7. The van der Waals surface area contributed by atoms with Gasteiger partial charge >= 0.3 is 0 Å². The molecule has 0 aliphatic carbocycles. The van der Waals surface area contributed by atoms with Crippen LogP contribution in [0.2, 0.25) is 10.0 Å². The fraction of sp³-hybridized carbons (Fsp3) is 0.222. The fourth-order valence-electron chi connectivity index (χ4n) is 2.07. The van der Waals surface area contributed by atoms with Crippen LogP contribution in [0.25, 0.3) is 0 Å². The summed E-state index contributed by atoms with van der Waals surface area (Å²) in [6, 6.07) is 12.4. The second-order valence-electron chi connectivity index (χ2n) is 5.52. The molecule has 1 atom stereocenters. The van der Waals surface area contributed by atoms with Crippen LogP contribution in [0.3, 0.4) is 0 Å². The number of anilines is 2. The Morgan fingerprint density at radius 1 is 1.04 bits per heavy atom. The van der Waals surface area contributed by atoms with Gasteiger partial charge in [-0.3, -0.25) is 9.59 Å². The Bertz CT molecular complexity index is 763. The van der Waals surface area contributed by atoms with Gasteiger partial charge in [0.25, 0.3) is 0 Å². The van der Waals surface area contributed by atoms with Gasteiger partial charge in [0.1, 0.15) is 0 Å². The van der Waals surface area contributed by atoms with E-state index in [1.165, 1.54) is 11.8 Å². The van der Waals surface area contributed by atoms with E-state index in [1.807, 2.05) is 31.2 Å². The summed E-state index contributed by atoms with van der Waals surface area (Å²) in [7, 11) is 0.